The quantitative estimate of drug-likeness (QED) is 0.506. The molecule has 0 saturated carbocycles. The Labute approximate surface area is 162 Å². The number of hydrogen-bond acceptors (Lipinski definition) is 6. The topological polar surface area (TPSA) is 80.9 Å². The average Bonchev–Trinajstić information content (AvgIpc) is 3.24. The smallest absolute Gasteiger partial charge is 0.261 e. The summed E-state index contributed by atoms with van der Waals surface area (Å²) in [5, 5.41) is 7.65. The molecule has 26 heavy (non-hydrogen) atoms. The predicted molar refractivity (Wildman–Crippen MR) is 102 cm³/mol. The minimum atomic E-state index is -0.416. The predicted octanol–water partition coefficient (Wildman–Crippen LogP) is 5.21. The van der Waals surface area contributed by atoms with Gasteiger partial charge in [0.05, 0.1) is 27.5 Å². The molecule has 0 saturated heterocycles. The van der Waals surface area contributed by atoms with Gasteiger partial charge in [0.1, 0.15) is 28.1 Å². The summed E-state index contributed by atoms with van der Waals surface area (Å²) in [6, 6.07) is 10.5. The average molecular weight is 405 g/mol. The van der Waals surface area contributed by atoms with E-state index in [4.69, 9.17) is 27.7 Å². The Morgan fingerprint density at radius 2 is 1.92 bits per heavy atom. The summed E-state index contributed by atoms with van der Waals surface area (Å²) >= 11 is 13.5. The lowest BCUT2D eigenvalue weighted by atomic mass is 10.1. The molecule has 4 aromatic rings. The number of nitrogens with zero attached hydrogens (tertiary/aromatic N) is 3. The van der Waals surface area contributed by atoms with E-state index < -0.39 is 5.91 Å². The molecule has 0 atom stereocenters. The Bertz CT molecular complexity index is 1140. The number of hydrogen-bond donors (Lipinski definition) is 1. The Morgan fingerprint density at radius 1 is 1.12 bits per heavy atom. The molecule has 0 radical (unpaired) electrons. The molecule has 0 unspecified atom stereocenters. The maximum absolute atomic E-state index is 13.0. The number of anilines is 1. The molecule has 4 rings (SSSR count). The molecule has 1 N–H and O–H groups in total. The maximum atomic E-state index is 13.0. The molecule has 2 aromatic carbocycles. The first-order valence-corrected chi connectivity index (χ1v) is 8.98. The van der Waals surface area contributed by atoms with E-state index in [0.717, 1.165) is 11.7 Å². The fraction of sp³-hybridized carbons (Fsp3) is 0.0588. The second kappa shape index (κ2) is 6.68. The molecular weight excluding hydrogens is 395 g/mol. The fourth-order valence-electron chi connectivity index (χ4n) is 2.60. The largest absolute Gasteiger partial charge is 0.360 e. The number of carbonyl (C=O) groups is 1. The van der Waals surface area contributed by atoms with Gasteiger partial charge in [-0.25, -0.2) is 0 Å². The number of halogens is 2. The van der Waals surface area contributed by atoms with Crippen LogP contribution in [0.3, 0.4) is 0 Å². The second-order valence-corrected chi connectivity index (χ2v) is 6.79. The summed E-state index contributed by atoms with van der Waals surface area (Å²) < 4.78 is 13.6. The van der Waals surface area contributed by atoms with Gasteiger partial charge in [-0.3, -0.25) is 4.79 Å². The summed E-state index contributed by atoms with van der Waals surface area (Å²) in [6.07, 6.45) is 0. The zero-order valence-electron chi connectivity index (χ0n) is 13.3. The third kappa shape index (κ3) is 2.84. The molecule has 0 aliphatic heterocycles. The van der Waals surface area contributed by atoms with Crippen molar-refractivity contribution in [2.24, 2.45) is 0 Å². The number of rotatable bonds is 3. The lowest BCUT2D eigenvalue weighted by Gasteiger charge is -2.08. The van der Waals surface area contributed by atoms with Crippen molar-refractivity contribution >= 4 is 57.6 Å². The van der Waals surface area contributed by atoms with Gasteiger partial charge in [-0.15, -0.1) is 0 Å². The van der Waals surface area contributed by atoms with Crippen LogP contribution < -0.4 is 5.32 Å². The number of fused-ring (bicyclic) bond motifs is 1. The Balaban J connectivity index is 1.78. The third-order valence-electron chi connectivity index (χ3n) is 3.83. The maximum Gasteiger partial charge on any atom is 0.261 e. The molecule has 130 valence electrons. The van der Waals surface area contributed by atoms with Crippen LogP contribution in [0.2, 0.25) is 10.0 Å². The molecule has 2 heterocycles. The zero-order valence-corrected chi connectivity index (χ0v) is 15.6. The molecule has 6 nitrogen and oxygen atoms in total. The van der Waals surface area contributed by atoms with Gasteiger partial charge in [-0.05, 0) is 25.1 Å². The highest BCUT2D eigenvalue weighted by Gasteiger charge is 2.24. The number of carbonyl (C=O) groups excluding carboxylic acids is 1. The van der Waals surface area contributed by atoms with Gasteiger partial charge in [-0.1, -0.05) is 46.6 Å². The van der Waals surface area contributed by atoms with Crippen molar-refractivity contribution in [3.8, 4) is 11.3 Å². The van der Waals surface area contributed by atoms with Crippen LogP contribution in [0.25, 0.3) is 22.3 Å². The van der Waals surface area contributed by atoms with Crippen LogP contribution in [0.4, 0.5) is 5.69 Å². The summed E-state index contributed by atoms with van der Waals surface area (Å²) in [6.45, 7) is 1.66. The highest BCUT2D eigenvalue weighted by Crippen LogP contribution is 2.34. The number of aromatic nitrogens is 3. The normalized spacial score (nSPS) is 11.0. The molecule has 2 aromatic heterocycles. The van der Waals surface area contributed by atoms with Crippen LogP contribution in [0.1, 0.15) is 16.1 Å². The molecule has 1 amide bonds. The van der Waals surface area contributed by atoms with Gasteiger partial charge in [0.25, 0.3) is 5.91 Å². The Morgan fingerprint density at radius 3 is 2.73 bits per heavy atom. The van der Waals surface area contributed by atoms with Crippen molar-refractivity contribution in [3.63, 3.8) is 0 Å². The van der Waals surface area contributed by atoms with Crippen molar-refractivity contribution in [1.82, 2.24) is 13.9 Å². The third-order valence-corrected chi connectivity index (χ3v) is 5.02. The van der Waals surface area contributed by atoms with Crippen molar-refractivity contribution in [1.29, 1.82) is 0 Å². The second-order valence-electron chi connectivity index (χ2n) is 5.45. The first-order chi connectivity index (χ1) is 12.6. The van der Waals surface area contributed by atoms with E-state index in [0.29, 0.717) is 43.8 Å². The number of nitrogens with one attached hydrogen (secondary N) is 1. The van der Waals surface area contributed by atoms with Crippen LogP contribution in [0, 0.1) is 6.92 Å². The van der Waals surface area contributed by atoms with Crippen molar-refractivity contribution in [2.45, 2.75) is 6.92 Å². The first kappa shape index (κ1) is 17.0. The van der Waals surface area contributed by atoms with Crippen LogP contribution >= 0.6 is 34.9 Å². The van der Waals surface area contributed by atoms with E-state index in [-0.39, 0.29) is 5.56 Å². The summed E-state index contributed by atoms with van der Waals surface area (Å²) in [7, 11) is 0. The van der Waals surface area contributed by atoms with E-state index in [1.54, 1.807) is 37.3 Å². The van der Waals surface area contributed by atoms with Gasteiger partial charge in [0.15, 0.2) is 0 Å². The van der Waals surface area contributed by atoms with Gasteiger partial charge in [-0.2, -0.15) is 8.75 Å². The fourth-order valence-corrected chi connectivity index (χ4v) is 3.57. The van der Waals surface area contributed by atoms with Gasteiger partial charge in [0.2, 0.25) is 0 Å². The molecule has 0 bridgehead atoms. The summed E-state index contributed by atoms with van der Waals surface area (Å²) in [5.41, 5.74) is 2.84. The Kier molecular flexibility index (Phi) is 4.36. The van der Waals surface area contributed by atoms with Crippen LogP contribution in [0.5, 0.6) is 0 Å². The minimum Gasteiger partial charge on any atom is -0.360 e. The van der Waals surface area contributed by atoms with Gasteiger partial charge < -0.3 is 9.84 Å². The minimum absolute atomic E-state index is 0.286. The Hall–Kier alpha value is -2.48. The summed E-state index contributed by atoms with van der Waals surface area (Å²) in [5.74, 6) is -0.0433. The van der Waals surface area contributed by atoms with Gasteiger partial charge in [0, 0.05) is 5.56 Å². The monoisotopic (exact) mass is 404 g/mol. The number of aryl methyl sites for hydroxylation is 1. The highest BCUT2D eigenvalue weighted by atomic mass is 35.5. The van der Waals surface area contributed by atoms with Crippen LogP contribution in [-0.4, -0.2) is 19.8 Å². The van der Waals surface area contributed by atoms with Crippen molar-refractivity contribution < 1.29 is 9.32 Å². The lowest BCUT2D eigenvalue weighted by Crippen LogP contribution is -2.14. The van der Waals surface area contributed by atoms with Crippen LogP contribution in [0.15, 0.2) is 40.9 Å². The van der Waals surface area contributed by atoms with E-state index in [1.807, 2.05) is 6.07 Å². The molecule has 0 aliphatic carbocycles. The molecule has 0 spiro atoms. The lowest BCUT2D eigenvalue weighted by molar-refractivity contribution is 0.102. The standard InChI is InChI=1S/C17H10Cl2N4O2S/c1-8-13(14(21-25-8)9-4-2-3-5-10(9)18)17(24)20-15-11(19)6-7-12-16(15)23-26-22-12/h2-7H,1H3,(H,20,24). The van der Waals surface area contributed by atoms with Gasteiger partial charge >= 0.3 is 0 Å². The zero-order chi connectivity index (χ0) is 18.3. The number of benzene rings is 2. The summed E-state index contributed by atoms with van der Waals surface area (Å²) in [4.78, 5) is 13.0. The highest BCUT2D eigenvalue weighted by molar-refractivity contribution is 7.00. The van der Waals surface area contributed by atoms with Crippen molar-refractivity contribution in [3.05, 3.63) is 57.8 Å². The van der Waals surface area contributed by atoms with Crippen molar-refractivity contribution in [2.75, 3.05) is 5.32 Å². The SMILES string of the molecule is Cc1onc(-c2ccccc2Cl)c1C(=O)Nc1c(Cl)ccc2nsnc12. The van der Waals surface area contributed by atoms with Crippen LogP contribution in [-0.2, 0) is 0 Å². The van der Waals surface area contributed by atoms with E-state index in [2.05, 4.69) is 19.2 Å². The molecule has 0 aliphatic rings. The first-order valence-electron chi connectivity index (χ1n) is 7.49. The van der Waals surface area contributed by atoms with E-state index in [1.165, 1.54) is 0 Å². The number of amides is 1. The molecular formula is C17H10Cl2N4O2S. The van der Waals surface area contributed by atoms with E-state index >= 15 is 0 Å². The molecule has 0 fully saturated rings. The molecule has 9 heteroatoms. The van der Waals surface area contributed by atoms with E-state index in [9.17, 15) is 4.79 Å².